The van der Waals surface area contributed by atoms with Crippen molar-refractivity contribution in [3.63, 3.8) is 0 Å². The zero-order chi connectivity index (χ0) is 21.1. The van der Waals surface area contributed by atoms with Crippen molar-refractivity contribution in [2.75, 3.05) is 28.4 Å². The molecule has 8 heteroatoms. The zero-order valence-corrected chi connectivity index (χ0v) is 16.4. The van der Waals surface area contributed by atoms with Gasteiger partial charge in [0.05, 0.1) is 40.1 Å². The van der Waals surface area contributed by atoms with Gasteiger partial charge in [0.1, 0.15) is 5.76 Å². The first kappa shape index (κ1) is 20.1. The number of benzene rings is 2. The molecule has 0 radical (unpaired) electrons. The van der Waals surface area contributed by atoms with E-state index in [2.05, 4.69) is 5.32 Å². The molecule has 1 saturated heterocycles. The van der Waals surface area contributed by atoms with Crippen molar-refractivity contribution < 1.29 is 33.6 Å². The predicted octanol–water partition coefficient (Wildman–Crippen LogP) is 2.43. The van der Waals surface area contributed by atoms with Gasteiger partial charge in [0.15, 0.2) is 23.0 Å². The fourth-order valence-corrected chi connectivity index (χ4v) is 3.19. The number of carbonyl (C=O) groups excluding carboxylic acids is 2. The van der Waals surface area contributed by atoms with Gasteiger partial charge in [-0.25, -0.2) is 0 Å². The fraction of sp³-hybridized carbons (Fsp3) is 0.238. The number of nitrogens with one attached hydrogen (secondary N) is 1. The van der Waals surface area contributed by atoms with Gasteiger partial charge < -0.3 is 29.4 Å². The molecule has 152 valence electrons. The van der Waals surface area contributed by atoms with Crippen LogP contribution >= 0.6 is 0 Å². The van der Waals surface area contributed by atoms with E-state index in [-0.39, 0.29) is 11.3 Å². The molecule has 3 rings (SSSR count). The van der Waals surface area contributed by atoms with Gasteiger partial charge in [-0.1, -0.05) is 6.07 Å². The molecule has 0 unspecified atom stereocenters. The number of methoxy groups -OCH3 is 4. The molecule has 0 bridgehead atoms. The molecule has 1 fully saturated rings. The first-order valence-electron chi connectivity index (χ1n) is 8.67. The number of hydrogen-bond acceptors (Lipinski definition) is 7. The van der Waals surface area contributed by atoms with Crippen LogP contribution in [-0.4, -0.2) is 45.2 Å². The molecule has 29 heavy (non-hydrogen) atoms. The lowest BCUT2D eigenvalue weighted by Crippen LogP contribution is -2.21. The Bertz CT molecular complexity index is 997. The second-order valence-electron chi connectivity index (χ2n) is 6.18. The third kappa shape index (κ3) is 3.56. The molecular formula is C21H21NO7. The molecule has 8 nitrogen and oxygen atoms in total. The molecule has 0 aromatic heterocycles. The Morgan fingerprint density at radius 2 is 1.38 bits per heavy atom. The number of rotatable bonds is 6. The van der Waals surface area contributed by atoms with Gasteiger partial charge in [-0.05, 0) is 35.9 Å². The number of hydrogen-bond donors (Lipinski definition) is 2. The van der Waals surface area contributed by atoms with E-state index in [1.54, 1.807) is 30.3 Å². The highest BCUT2D eigenvalue weighted by molar-refractivity contribution is 6.46. The van der Waals surface area contributed by atoms with Crippen molar-refractivity contribution in [3.8, 4) is 23.0 Å². The van der Waals surface area contributed by atoms with Gasteiger partial charge in [-0.2, -0.15) is 0 Å². The average molecular weight is 399 g/mol. The summed E-state index contributed by atoms with van der Waals surface area (Å²) in [6.07, 6.45) is 0. The van der Waals surface area contributed by atoms with Gasteiger partial charge in [-0.15, -0.1) is 0 Å². The average Bonchev–Trinajstić information content (AvgIpc) is 3.06. The normalized spacial score (nSPS) is 17.6. The molecule has 2 aromatic rings. The quantitative estimate of drug-likeness (QED) is 0.437. The Hall–Kier alpha value is -3.68. The molecular weight excluding hydrogens is 378 g/mol. The van der Waals surface area contributed by atoms with Crippen LogP contribution in [-0.2, 0) is 9.59 Å². The summed E-state index contributed by atoms with van der Waals surface area (Å²) in [6, 6.07) is 8.85. The monoisotopic (exact) mass is 399 g/mol. The summed E-state index contributed by atoms with van der Waals surface area (Å²) in [5, 5.41) is 13.5. The summed E-state index contributed by atoms with van der Waals surface area (Å²) in [7, 11) is 5.95. The zero-order valence-electron chi connectivity index (χ0n) is 16.4. The maximum absolute atomic E-state index is 12.5. The highest BCUT2D eigenvalue weighted by atomic mass is 16.5. The summed E-state index contributed by atoms with van der Waals surface area (Å²) in [5.41, 5.74) is 0.811. The third-order valence-electron chi connectivity index (χ3n) is 4.67. The lowest BCUT2D eigenvalue weighted by Gasteiger charge is -2.16. The van der Waals surface area contributed by atoms with Gasteiger partial charge in [0.25, 0.3) is 11.7 Å². The van der Waals surface area contributed by atoms with Crippen LogP contribution in [0.5, 0.6) is 23.0 Å². The van der Waals surface area contributed by atoms with Crippen molar-refractivity contribution in [2.24, 2.45) is 0 Å². The molecule has 1 heterocycles. The van der Waals surface area contributed by atoms with E-state index in [4.69, 9.17) is 18.9 Å². The van der Waals surface area contributed by atoms with Crippen LogP contribution in [0.25, 0.3) is 5.76 Å². The highest BCUT2D eigenvalue weighted by Crippen LogP contribution is 2.38. The third-order valence-corrected chi connectivity index (χ3v) is 4.67. The molecule has 1 aliphatic rings. The molecule has 0 spiro atoms. The second-order valence-corrected chi connectivity index (χ2v) is 6.18. The van der Waals surface area contributed by atoms with E-state index < -0.39 is 17.7 Å². The Morgan fingerprint density at radius 3 is 1.97 bits per heavy atom. The van der Waals surface area contributed by atoms with Gasteiger partial charge in [0, 0.05) is 5.56 Å². The number of aliphatic hydroxyl groups excluding tert-OH is 1. The smallest absolute Gasteiger partial charge is 0.293 e. The Balaban J connectivity index is 2.12. The minimum absolute atomic E-state index is 0.0607. The van der Waals surface area contributed by atoms with Gasteiger partial charge in [0.2, 0.25) is 0 Å². The molecule has 2 aromatic carbocycles. The second kappa shape index (κ2) is 8.14. The number of ether oxygens (including phenoxy) is 4. The van der Waals surface area contributed by atoms with Crippen LogP contribution in [0.2, 0.25) is 0 Å². The van der Waals surface area contributed by atoms with E-state index in [0.29, 0.717) is 34.1 Å². The van der Waals surface area contributed by atoms with E-state index in [0.717, 1.165) is 0 Å². The van der Waals surface area contributed by atoms with Crippen molar-refractivity contribution >= 4 is 17.4 Å². The van der Waals surface area contributed by atoms with Crippen molar-refractivity contribution in [1.82, 2.24) is 5.32 Å². The first-order valence-corrected chi connectivity index (χ1v) is 8.67. The van der Waals surface area contributed by atoms with Crippen LogP contribution in [0.15, 0.2) is 42.0 Å². The van der Waals surface area contributed by atoms with E-state index in [1.165, 1.54) is 34.5 Å². The Morgan fingerprint density at radius 1 is 0.828 bits per heavy atom. The predicted molar refractivity (Wildman–Crippen MR) is 105 cm³/mol. The van der Waals surface area contributed by atoms with Crippen LogP contribution in [0.3, 0.4) is 0 Å². The standard InChI is InChI=1S/C21H21NO7/c1-26-13-7-5-11(9-15(13)28-3)18-17(20(24)21(25)22-18)19(23)12-6-8-14(27-2)16(10-12)29-4/h5-10,18,23H,1-4H3,(H,22,25)/t18-/m1/s1. The largest absolute Gasteiger partial charge is 0.507 e. The van der Waals surface area contributed by atoms with Crippen molar-refractivity contribution in [1.29, 1.82) is 0 Å². The number of Topliss-reactive ketones (excluding diaryl/α,β-unsaturated/α-hetero) is 1. The molecule has 1 aliphatic heterocycles. The lowest BCUT2D eigenvalue weighted by atomic mass is 9.95. The van der Waals surface area contributed by atoms with Crippen molar-refractivity contribution in [2.45, 2.75) is 6.04 Å². The van der Waals surface area contributed by atoms with Gasteiger partial charge >= 0.3 is 0 Å². The number of ketones is 1. The van der Waals surface area contributed by atoms with Crippen LogP contribution < -0.4 is 24.3 Å². The summed E-state index contributed by atoms with van der Waals surface area (Å²) < 4.78 is 21.0. The number of amides is 1. The molecule has 1 atom stereocenters. The highest BCUT2D eigenvalue weighted by Gasteiger charge is 2.40. The Labute approximate surface area is 167 Å². The maximum atomic E-state index is 12.5. The van der Waals surface area contributed by atoms with Crippen molar-refractivity contribution in [3.05, 3.63) is 53.1 Å². The van der Waals surface area contributed by atoms with Gasteiger partial charge in [-0.3, -0.25) is 9.59 Å². The summed E-state index contributed by atoms with van der Waals surface area (Å²) in [6.45, 7) is 0. The Kier molecular flexibility index (Phi) is 5.63. The molecule has 1 amide bonds. The lowest BCUT2D eigenvalue weighted by molar-refractivity contribution is -0.133. The van der Waals surface area contributed by atoms with E-state index in [1.807, 2.05) is 0 Å². The first-order chi connectivity index (χ1) is 13.9. The van der Waals surface area contributed by atoms with Crippen LogP contribution in [0.1, 0.15) is 17.2 Å². The summed E-state index contributed by atoms with van der Waals surface area (Å²) in [4.78, 5) is 24.6. The summed E-state index contributed by atoms with van der Waals surface area (Å²) >= 11 is 0. The number of carbonyl (C=O) groups is 2. The van der Waals surface area contributed by atoms with Crippen LogP contribution in [0.4, 0.5) is 0 Å². The minimum atomic E-state index is -0.845. The molecule has 2 N–H and O–H groups in total. The molecule has 0 saturated carbocycles. The molecule has 0 aliphatic carbocycles. The van der Waals surface area contributed by atoms with Crippen LogP contribution in [0, 0.1) is 0 Å². The van der Waals surface area contributed by atoms with E-state index in [9.17, 15) is 14.7 Å². The fourth-order valence-electron chi connectivity index (χ4n) is 3.19. The summed E-state index contributed by atoms with van der Waals surface area (Å²) in [5.74, 6) is -0.148. The van der Waals surface area contributed by atoms with E-state index >= 15 is 0 Å². The SMILES string of the molecule is COc1ccc(C(O)=C2C(=O)C(=O)N[C@@H]2c2ccc(OC)c(OC)c2)cc1OC. The topological polar surface area (TPSA) is 103 Å². The maximum Gasteiger partial charge on any atom is 0.293 e. The minimum Gasteiger partial charge on any atom is -0.507 e. The number of aliphatic hydroxyl groups is 1.